The summed E-state index contributed by atoms with van der Waals surface area (Å²) in [5, 5.41) is 0. The summed E-state index contributed by atoms with van der Waals surface area (Å²) in [7, 11) is 1.60. The van der Waals surface area contributed by atoms with Gasteiger partial charge in [-0.1, -0.05) is 0 Å². The van der Waals surface area contributed by atoms with Crippen LogP contribution in [0.1, 0.15) is 27.7 Å². The molecule has 7 heteroatoms. The molecule has 1 atom stereocenters. The summed E-state index contributed by atoms with van der Waals surface area (Å²) < 4.78 is 16.2. The molecule has 1 aliphatic rings. The van der Waals surface area contributed by atoms with E-state index in [0.29, 0.717) is 31.9 Å². The zero-order chi connectivity index (χ0) is 19.3. The van der Waals surface area contributed by atoms with Gasteiger partial charge in [-0.2, -0.15) is 0 Å². The van der Waals surface area contributed by atoms with E-state index in [1.165, 1.54) is 0 Å². The lowest BCUT2D eigenvalue weighted by molar-refractivity contribution is -0.139. The topological polar surface area (TPSA) is 68.3 Å². The summed E-state index contributed by atoms with van der Waals surface area (Å²) in [6.07, 6.45) is -0.941. The standard InChI is InChI=1S/C19H28N2O5/c1-14(25-16-8-6-15(24-5)7-9-16)17(22)20-10-12-21(13-11-20)18(23)26-19(2,3)4/h6-9,14H,10-13H2,1-5H3. The maximum atomic E-state index is 12.6. The molecule has 0 spiro atoms. The Morgan fingerprint density at radius 1 is 0.962 bits per heavy atom. The van der Waals surface area contributed by atoms with Crippen LogP contribution in [0.3, 0.4) is 0 Å². The van der Waals surface area contributed by atoms with Crippen LogP contribution in [0, 0.1) is 0 Å². The molecule has 0 radical (unpaired) electrons. The fourth-order valence-corrected chi connectivity index (χ4v) is 2.60. The van der Waals surface area contributed by atoms with Crippen molar-refractivity contribution < 1.29 is 23.8 Å². The molecule has 1 heterocycles. The minimum Gasteiger partial charge on any atom is -0.497 e. The van der Waals surface area contributed by atoms with Crippen LogP contribution in [0.25, 0.3) is 0 Å². The van der Waals surface area contributed by atoms with Gasteiger partial charge >= 0.3 is 6.09 Å². The third kappa shape index (κ3) is 5.54. The quantitative estimate of drug-likeness (QED) is 0.821. The van der Waals surface area contributed by atoms with Crippen molar-refractivity contribution in [3.05, 3.63) is 24.3 Å². The second-order valence-corrected chi connectivity index (χ2v) is 7.23. The molecular formula is C19H28N2O5. The van der Waals surface area contributed by atoms with E-state index >= 15 is 0 Å². The molecule has 1 saturated heterocycles. The third-order valence-electron chi connectivity index (χ3n) is 3.96. The van der Waals surface area contributed by atoms with Gasteiger partial charge in [-0.3, -0.25) is 4.79 Å². The zero-order valence-electron chi connectivity index (χ0n) is 16.2. The van der Waals surface area contributed by atoms with Gasteiger partial charge < -0.3 is 24.0 Å². The van der Waals surface area contributed by atoms with Gasteiger partial charge in [0.1, 0.15) is 17.1 Å². The first-order chi connectivity index (χ1) is 12.2. The predicted molar refractivity (Wildman–Crippen MR) is 97.5 cm³/mol. The van der Waals surface area contributed by atoms with Gasteiger partial charge in [0.25, 0.3) is 5.91 Å². The minimum atomic E-state index is -0.600. The Labute approximate surface area is 154 Å². The molecule has 0 N–H and O–H groups in total. The first kappa shape index (κ1) is 19.9. The lowest BCUT2D eigenvalue weighted by Crippen LogP contribution is -2.53. The monoisotopic (exact) mass is 364 g/mol. The van der Waals surface area contributed by atoms with Crippen molar-refractivity contribution in [3.8, 4) is 11.5 Å². The molecule has 144 valence electrons. The van der Waals surface area contributed by atoms with Crippen LogP contribution in [0.15, 0.2) is 24.3 Å². The Morgan fingerprint density at radius 3 is 1.96 bits per heavy atom. The van der Waals surface area contributed by atoms with Gasteiger partial charge in [0.2, 0.25) is 0 Å². The molecule has 2 amide bonds. The highest BCUT2D eigenvalue weighted by atomic mass is 16.6. The maximum Gasteiger partial charge on any atom is 0.410 e. The predicted octanol–water partition coefficient (Wildman–Crippen LogP) is 2.54. The Morgan fingerprint density at radius 2 is 1.46 bits per heavy atom. The number of carbonyl (C=O) groups is 2. The maximum absolute atomic E-state index is 12.6. The summed E-state index contributed by atoms with van der Waals surface area (Å²) in [6, 6.07) is 7.10. The van der Waals surface area contributed by atoms with Crippen molar-refractivity contribution in [2.45, 2.75) is 39.4 Å². The van der Waals surface area contributed by atoms with Crippen molar-refractivity contribution in [3.63, 3.8) is 0 Å². The van der Waals surface area contributed by atoms with Gasteiger partial charge in [-0.15, -0.1) is 0 Å². The second-order valence-electron chi connectivity index (χ2n) is 7.23. The van der Waals surface area contributed by atoms with E-state index < -0.39 is 11.7 Å². The Bertz CT molecular complexity index is 616. The van der Waals surface area contributed by atoms with Gasteiger partial charge in [0, 0.05) is 26.2 Å². The minimum absolute atomic E-state index is 0.0929. The Hall–Kier alpha value is -2.44. The number of carbonyl (C=O) groups excluding carboxylic acids is 2. The average molecular weight is 364 g/mol. The number of benzene rings is 1. The summed E-state index contributed by atoms with van der Waals surface area (Å²) in [5.74, 6) is 1.25. The van der Waals surface area contributed by atoms with Crippen molar-refractivity contribution in [2.75, 3.05) is 33.3 Å². The van der Waals surface area contributed by atoms with Gasteiger partial charge in [0.05, 0.1) is 7.11 Å². The lowest BCUT2D eigenvalue weighted by Gasteiger charge is -2.36. The second kappa shape index (κ2) is 8.29. The molecule has 0 aromatic heterocycles. The molecule has 0 bridgehead atoms. The number of methoxy groups -OCH3 is 1. The molecule has 7 nitrogen and oxygen atoms in total. The van der Waals surface area contributed by atoms with E-state index in [4.69, 9.17) is 14.2 Å². The van der Waals surface area contributed by atoms with Gasteiger partial charge in [0.15, 0.2) is 6.10 Å². The number of ether oxygens (including phenoxy) is 3. The first-order valence-corrected chi connectivity index (χ1v) is 8.77. The largest absolute Gasteiger partial charge is 0.497 e. The van der Waals surface area contributed by atoms with E-state index in [9.17, 15) is 9.59 Å². The Kier molecular flexibility index (Phi) is 6.34. The molecule has 1 unspecified atom stereocenters. The summed E-state index contributed by atoms with van der Waals surface area (Å²) in [5.41, 5.74) is -0.523. The molecule has 0 aliphatic carbocycles. The molecule has 1 fully saturated rings. The SMILES string of the molecule is COc1ccc(OC(C)C(=O)N2CCN(C(=O)OC(C)(C)C)CC2)cc1. The van der Waals surface area contributed by atoms with Crippen LogP contribution in [0.2, 0.25) is 0 Å². The van der Waals surface area contributed by atoms with E-state index in [-0.39, 0.29) is 12.0 Å². The van der Waals surface area contributed by atoms with Gasteiger partial charge in [-0.25, -0.2) is 4.79 Å². The summed E-state index contributed by atoms with van der Waals surface area (Å²) in [4.78, 5) is 28.0. The van der Waals surface area contributed by atoms with E-state index in [2.05, 4.69) is 0 Å². The van der Waals surface area contributed by atoms with Crippen LogP contribution in [0.5, 0.6) is 11.5 Å². The number of hydrogen-bond acceptors (Lipinski definition) is 5. The van der Waals surface area contributed by atoms with Crippen molar-refractivity contribution in [1.29, 1.82) is 0 Å². The number of amides is 2. The molecule has 1 aromatic rings. The van der Waals surface area contributed by atoms with Crippen molar-refractivity contribution >= 4 is 12.0 Å². The fraction of sp³-hybridized carbons (Fsp3) is 0.579. The summed E-state index contributed by atoms with van der Waals surface area (Å²) in [6.45, 7) is 9.08. The molecule has 26 heavy (non-hydrogen) atoms. The zero-order valence-corrected chi connectivity index (χ0v) is 16.2. The average Bonchev–Trinajstić information content (AvgIpc) is 2.60. The number of rotatable bonds is 4. The van der Waals surface area contributed by atoms with E-state index in [1.54, 1.807) is 48.1 Å². The highest BCUT2D eigenvalue weighted by molar-refractivity contribution is 5.81. The lowest BCUT2D eigenvalue weighted by atomic mass is 10.2. The first-order valence-electron chi connectivity index (χ1n) is 8.77. The highest BCUT2D eigenvalue weighted by Gasteiger charge is 2.30. The smallest absolute Gasteiger partial charge is 0.410 e. The molecule has 0 saturated carbocycles. The molecular weight excluding hydrogens is 336 g/mol. The number of nitrogens with zero attached hydrogens (tertiary/aromatic N) is 2. The highest BCUT2D eigenvalue weighted by Crippen LogP contribution is 2.19. The third-order valence-corrected chi connectivity index (χ3v) is 3.96. The fourth-order valence-electron chi connectivity index (χ4n) is 2.60. The molecule has 1 aromatic carbocycles. The summed E-state index contributed by atoms with van der Waals surface area (Å²) >= 11 is 0. The van der Waals surface area contributed by atoms with Crippen LogP contribution in [-0.4, -0.2) is 66.8 Å². The normalized spacial score (nSPS) is 16.0. The van der Waals surface area contributed by atoms with Gasteiger partial charge in [-0.05, 0) is 52.0 Å². The van der Waals surface area contributed by atoms with Crippen LogP contribution >= 0.6 is 0 Å². The van der Waals surface area contributed by atoms with Crippen LogP contribution in [-0.2, 0) is 9.53 Å². The van der Waals surface area contributed by atoms with Crippen LogP contribution in [0.4, 0.5) is 4.79 Å². The molecule has 2 rings (SSSR count). The Balaban J connectivity index is 1.84. The van der Waals surface area contributed by atoms with Crippen molar-refractivity contribution in [2.24, 2.45) is 0 Å². The van der Waals surface area contributed by atoms with E-state index in [0.717, 1.165) is 5.75 Å². The van der Waals surface area contributed by atoms with E-state index in [1.807, 2.05) is 20.8 Å². The molecule has 1 aliphatic heterocycles. The number of piperazine rings is 1. The van der Waals surface area contributed by atoms with Crippen molar-refractivity contribution in [1.82, 2.24) is 9.80 Å². The van der Waals surface area contributed by atoms with Crippen LogP contribution < -0.4 is 9.47 Å². The number of hydrogen-bond donors (Lipinski definition) is 0.